The van der Waals surface area contributed by atoms with Gasteiger partial charge in [0.25, 0.3) is 0 Å². The van der Waals surface area contributed by atoms with Crippen LogP contribution in [0.1, 0.15) is 43.7 Å². The summed E-state index contributed by atoms with van der Waals surface area (Å²) in [7, 11) is 0. The van der Waals surface area contributed by atoms with Crippen LogP contribution in [-0.2, 0) is 11.3 Å². The molecule has 0 heterocycles. The number of nitriles is 1. The zero-order valence-corrected chi connectivity index (χ0v) is 12.1. The van der Waals surface area contributed by atoms with Gasteiger partial charge in [-0.15, -0.1) is 0 Å². The average molecular weight is 270 g/mol. The van der Waals surface area contributed by atoms with Gasteiger partial charge in [0.15, 0.2) is 0 Å². The molecular weight excluding hydrogens is 248 g/mol. The fraction of sp³-hybridized carbons (Fsp3) is 0.588. The molecule has 2 saturated carbocycles. The summed E-state index contributed by atoms with van der Waals surface area (Å²) >= 11 is 0. The van der Waals surface area contributed by atoms with Gasteiger partial charge in [-0.1, -0.05) is 18.6 Å². The molecule has 0 bridgehead atoms. The molecule has 3 rings (SSSR count). The minimum Gasteiger partial charge on any atom is -0.378 e. The molecule has 2 aliphatic rings. The number of benzene rings is 1. The van der Waals surface area contributed by atoms with E-state index in [0.717, 1.165) is 25.1 Å². The first-order chi connectivity index (χ1) is 9.78. The maximum absolute atomic E-state index is 8.80. The Labute approximate surface area is 120 Å². The Balaban J connectivity index is 1.55. The summed E-state index contributed by atoms with van der Waals surface area (Å²) in [6.45, 7) is 3.80. The lowest BCUT2D eigenvalue weighted by atomic mass is 9.51. The Morgan fingerprint density at radius 2 is 2.10 bits per heavy atom. The van der Waals surface area contributed by atoms with Crippen molar-refractivity contribution in [3.63, 3.8) is 0 Å². The Kier molecular flexibility index (Phi) is 3.78. The highest BCUT2D eigenvalue weighted by molar-refractivity contribution is 5.31. The first kappa shape index (κ1) is 13.6. The molecular formula is C17H22N2O. The predicted octanol–water partition coefficient (Wildman–Crippen LogP) is 3.00. The van der Waals surface area contributed by atoms with Gasteiger partial charge in [0.05, 0.1) is 17.7 Å². The van der Waals surface area contributed by atoms with E-state index in [1.165, 1.54) is 24.8 Å². The Morgan fingerprint density at radius 3 is 2.65 bits per heavy atom. The predicted molar refractivity (Wildman–Crippen MR) is 78.1 cm³/mol. The molecule has 106 valence electrons. The van der Waals surface area contributed by atoms with Crippen molar-refractivity contribution in [2.24, 2.45) is 5.41 Å². The second-order valence-electron chi connectivity index (χ2n) is 6.01. The van der Waals surface area contributed by atoms with E-state index in [9.17, 15) is 0 Å². The highest BCUT2D eigenvalue weighted by Gasteiger charge is 2.58. The highest BCUT2D eigenvalue weighted by atomic mass is 16.5. The summed E-state index contributed by atoms with van der Waals surface area (Å²) in [5.41, 5.74) is 2.39. The molecule has 0 aliphatic heterocycles. The van der Waals surface area contributed by atoms with Gasteiger partial charge in [0, 0.05) is 24.6 Å². The van der Waals surface area contributed by atoms with Gasteiger partial charge in [-0.25, -0.2) is 0 Å². The molecule has 2 aliphatic carbocycles. The quantitative estimate of drug-likeness (QED) is 0.894. The van der Waals surface area contributed by atoms with Gasteiger partial charge in [0.2, 0.25) is 0 Å². The zero-order chi connectivity index (χ0) is 14.0. The van der Waals surface area contributed by atoms with E-state index in [0.29, 0.717) is 17.6 Å². The number of ether oxygens (including phenoxy) is 1. The van der Waals surface area contributed by atoms with Crippen LogP contribution in [0.2, 0.25) is 0 Å². The van der Waals surface area contributed by atoms with Crippen molar-refractivity contribution >= 4 is 0 Å². The van der Waals surface area contributed by atoms with Crippen molar-refractivity contribution < 1.29 is 4.74 Å². The Bertz CT molecular complexity index is 499. The molecule has 2 atom stereocenters. The topological polar surface area (TPSA) is 45.0 Å². The molecule has 3 nitrogen and oxygen atoms in total. The van der Waals surface area contributed by atoms with E-state index < -0.39 is 0 Å². The third-order valence-corrected chi connectivity index (χ3v) is 5.07. The maximum atomic E-state index is 8.80. The van der Waals surface area contributed by atoms with Crippen LogP contribution in [0.4, 0.5) is 0 Å². The molecule has 3 heteroatoms. The van der Waals surface area contributed by atoms with Gasteiger partial charge in [-0.3, -0.25) is 0 Å². The summed E-state index contributed by atoms with van der Waals surface area (Å²) in [6.07, 6.45) is 5.58. The normalized spacial score (nSPS) is 26.6. The molecule has 0 aromatic heterocycles. The molecule has 20 heavy (non-hydrogen) atoms. The lowest BCUT2D eigenvalue weighted by molar-refractivity contribution is -0.173. The first-order valence-electron chi connectivity index (χ1n) is 7.62. The fourth-order valence-electron chi connectivity index (χ4n) is 3.66. The van der Waals surface area contributed by atoms with Crippen LogP contribution in [0.3, 0.4) is 0 Å². The van der Waals surface area contributed by atoms with Gasteiger partial charge < -0.3 is 10.1 Å². The van der Waals surface area contributed by atoms with Gasteiger partial charge in [0.1, 0.15) is 0 Å². The van der Waals surface area contributed by atoms with Crippen molar-refractivity contribution in [3.05, 3.63) is 35.4 Å². The van der Waals surface area contributed by atoms with E-state index >= 15 is 0 Å². The Hall–Kier alpha value is -1.37. The average Bonchev–Trinajstić information content (AvgIpc) is 2.41. The number of rotatable bonds is 5. The molecule has 2 unspecified atom stereocenters. The van der Waals surface area contributed by atoms with Crippen molar-refractivity contribution in [3.8, 4) is 6.07 Å². The molecule has 0 amide bonds. The second kappa shape index (κ2) is 5.55. The molecule has 1 aromatic rings. The summed E-state index contributed by atoms with van der Waals surface area (Å²) < 4.78 is 5.87. The first-order valence-corrected chi connectivity index (χ1v) is 7.62. The largest absolute Gasteiger partial charge is 0.378 e. The highest BCUT2D eigenvalue weighted by Crippen LogP contribution is 2.57. The van der Waals surface area contributed by atoms with Crippen molar-refractivity contribution in [1.29, 1.82) is 5.26 Å². The smallest absolute Gasteiger partial charge is 0.0991 e. The Morgan fingerprint density at radius 1 is 1.35 bits per heavy atom. The van der Waals surface area contributed by atoms with E-state index in [1.54, 1.807) is 0 Å². The van der Waals surface area contributed by atoms with Crippen LogP contribution in [0.5, 0.6) is 0 Å². The lowest BCUT2D eigenvalue weighted by Crippen LogP contribution is -2.66. The summed E-state index contributed by atoms with van der Waals surface area (Å²) in [6, 6.07) is 10.6. The standard InChI is InChI=1S/C17H22N2O/c1-2-20-16-10-15(17(16)8-3-9-17)19-12-14-6-4-13(11-18)5-7-14/h4-7,15-16,19H,2-3,8-10,12H2,1H3. The summed E-state index contributed by atoms with van der Waals surface area (Å²) in [5, 5.41) is 12.5. The molecule has 1 spiro atoms. The maximum Gasteiger partial charge on any atom is 0.0991 e. The van der Waals surface area contributed by atoms with Gasteiger partial charge >= 0.3 is 0 Å². The van der Waals surface area contributed by atoms with Crippen molar-refractivity contribution in [2.45, 2.75) is 51.3 Å². The van der Waals surface area contributed by atoms with Crippen LogP contribution in [0, 0.1) is 16.7 Å². The van der Waals surface area contributed by atoms with E-state index in [-0.39, 0.29) is 0 Å². The minimum absolute atomic E-state index is 0.419. The van der Waals surface area contributed by atoms with Crippen molar-refractivity contribution in [1.82, 2.24) is 5.32 Å². The van der Waals surface area contributed by atoms with E-state index in [1.807, 2.05) is 24.3 Å². The molecule has 0 saturated heterocycles. The minimum atomic E-state index is 0.419. The number of hydrogen-bond donors (Lipinski definition) is 1. The van der Waals surface area contributed by atoms with Crippen LogP contribution in [0.25, 0.3) is 0 Å². The van der Waals surface area contributed by atoms with Crippen LogP contribution in [0.15, 0.2) is 24.3 Å². The molecule has 1 N–H and O–H groups in total. The summed E-state index contributed by atoms with van der Waals surface area (Å²) in [4.78, 5) is 0. The van der Waals surface area contributed by atoms with Gasteiger partial charge in [-0.05, 0) is 43.9 Å². The molecule has 2 fully saturated rings. The summed E-state index contributed by atoms with van der Waals surface area (Å²) in [5.74, 6) is 0. The van der Waals surface area contributed by atoms with E-state index in [2.05, 4.69) is 18.3 Å². The van der Waals surface area contributed by atoms with Crippen LogP contribution >= 0.6 is 0 Å². The lowest BCUT2D eigenvalue weighted by Gasteiger charge is -2.61. The van der Waals surface area contributed by atoms with Crippen LogP contribution in [-0.4, -0.2) is 18.8 Å². The van der Waals surface area contributed by atoms with E-state index in [4.69, 9.17) is 10.00 Å². The second-order valence-corrected chi connectivity index (χ2v) is 6.01. The van der Waals surface area contributed by atoms with Crippen molar-refractivity contribution in [2.75, 3.05) is 6.61 Å². The number of hydrogen-bond acceptors (Lipinski definition) is 3. The third-order valence-electron chi connectivity index (χ3n) is 5.07. The van der Waals surface area contributed by atoms with Crippen LogP contribution < -0.4 is 5.32 Å². The number of nitrogens with zero attached hydrogens (tertiary/aromatic N) is 1. The third kappa shape index (κ3) is 2.24. The fourth-order valence-corrected chi connectivity index (χ4v) is 3.66. The monoisotopic (exact) mass is 270 g/mol. The molecule has 0 radical (unpaired) electrons. The SMILES string of the molecule is CCOC1CC(NCc2ccc(C#N)cc2)C12CCC2. The van der Waals surface area contributed by atoms with Gasteiger partial charge in [-0.2, -0.15) is 5.26 Å². The molecule has 1 aromatic carbocycles. The number of nitrogens with one attached hydrogen (secondary N) is 1. The zero-order valence-electron chi connectivity index (χ0n) is 12.1.